The number of aliphatic hydroxyl groups is 1. The second-order valence-electron chi connectivity index (χ2n) is 7.44. The number of rotatable bonds is 4. The number of anilines is 1. The van der Waals surface area contributed by atoms with E-state index in [4.69, 9.17) is 16.3 Å². The van der Waals surface area contributed by atoms with Crippen molar-refractivity contribution in [2.24, 2.45) is 0 Å². The first-order valence-electron chi connectivity index (χ1n) is 10.0. The lowest BCUT2D eigenvalue weighted by Gasteiger charge is -2.10. The fourth-order valence-corrected chi connectivity index (χ4v) is 4.08. The molecule has 4 aromatic rings. The van der Waals surface area contributed by atoms with Crippen molar-refractivity contribution in [2.75, 3.05) is 17.9 Å². The molecule has 1 aromatic carbocycles. The first-order valence-corrected chi connectivity index (χ1v) is 11.2. The van der Waals surface area contributed by atoms with Crippen molar-refractivity contribution in [3.63, 3.8) is 0 Å². The van der Waals surface area contributed by atoms with Crippen molar-refractivity contribution in [3.8, 4) is 23.1 Å². The molecule has 1 aliphatic rings. The van der Waals surface area contributed by atoms with Gasteiger partial charge in [-0.2, -0.15) is 5.10 Å². The van der Waals surface area contributed by atoms with Crippen molar-refractivity contribution in [1.82, 2.24) is 19.6 Å². The fraction of sp³-hybridized carbons (Fsp3) is 0.174. The van der Waals surface area contributed by atoms with Crippen LogP contribution in [0.4, 0.5) is 10.1 Å². The van der Waals surface area contributed by atoms with Crippen molar-refractivity contribution >= 4 is 34.9 Å². The predicted molar refractivity (Wildman–Crippen MR) is 124 cm³/mol. The molecule has 0 spiro atoms. The summed E-state index contributed by atoms with van der Waals surface area (Å²) in [6.07, 6.45) is 3.72. The highest BCUT2D eigenvalue weighted by molar-refractivity contribution is 8.00. The predicted octanol–water partition coefficient (Wildman–Crippen LogP) is 4.21. The molecule has 0 amide bonds. The van der Waals surface area contributed by atoms with Crippen molar-refractivity contribution in [1.29, 1.82) is 0 Å². The number of pyridine rings is 1. The van der Waals surface area contributed by atoms with Crippen LogP contribution in [0.3, 0.4) is 0 Å². The molecule has 1 fully saturated rings. The van der Waals surface area contributed by atoms with Gasteiger partial charge in [-0.3, -0.25) is 0 Å². The van der Waals surface area contributed by atoms with Gasteiger partial charge in [0.1, 0.15) is 11.5 Å². The number of aromatic nitrogens is 4. The molecule has 4 heterocycles. The second-order valence-corrected chi connectivity index (χ2v) is 8.67. The van der Waals surface area contributed by atoms with Crippen molar-refractivity contribution in [2.45, 2.75) is 16.9 Å². The third-order valence-electron chi connectivity index (χ3n) is 5.01. The lowest BCUT2D eigenvalue weighted by Crippen LogP contribution is -2.26. The summed E-state index contributed by atoms with van der Waals surface area (Å²) in [4.78, 5) is 9.41. The molecule has 10 heteroatoms. The first kappa shape index (κ1) is 21.7. The summed E-state index contributed by atoms with van der Waals surface area (Å²) in [5.41, 5.74) is 2.01. The van der Waals surface area contributed by atoms with Gasteiger partial charge in [0.15, 0.2) is 16.4 Å². The van der Waals surface area contributed by atoms with E-state index in [0.29, 0.717) is 40.9 Å². The second kappa shape index (κ2) is 9.00. The van der Waals surface area contributed by atoms with Crippen LogP contribution < -0.4 is 4.72 Å². The molecule has 7 nitrogen and oxygen atoms in total. The van der Waals surface area contributed by atoms with Crippen LogP contribution in [0.5, 0.6) is 0 Å². The number of nitrogens with zero attached hydrogens (tertiary/aromatic N) is 4. The zero-order chi connectivity index (χ0) is 22.8. The molecule has 0 bridgehead atoms. The third-order valence-corrected chi connectivity index (χ3v) is 6.14. The Labute approximate surface area is 198 Å². The summed E-state index contributed by atoms with van der Waals surface area (Å²) < 4.78 is 23.1. The molecule has 1 saturated heterocycles. The zero-order valence-electron chi connectivity index (χ0n) is 17.1. The van der Waals surface area contributed by atoms with Gasteiger partial charge < -0.3 is 14.6 Å². The van der Waals surface area contributed by atoms with Crippen LogP contribution in [0.15, 0.2) is 59.8 Å². The Kier molecular flexibility index (Phi) is 5.91. The topological polar surface area (TPSA) is 84.6 Å². The van der Waals surface area contributed by atoms with Gasteiger partial charge in [-0.05, 0) is 60.3 Å². The standard InChI is InChI=1S/C23H17ClFN5O2S/c24-22-20(29-33-18-3-1-16(25)2-4-18)11-15(12-27-22)19-5-6-21-26-13-17(30(21)28-19)7-8-23(31)9-10-32-14-23/h1-6,11-13,29,31H,9-10,14H2. The van der Waals surface area contributed by atoms with Gasteiger partial charge in [-0.1, -0.05) is 17.5 Å². The highest BCUT2D eigenvalue weighted by atomic mass is 35.5. The number of nitrogens with one attached hydrogen (secondary N) is 1. The molecule has 0 aliphatic carbocycles. The monoisotopic (exact) mass is 481 g/mol. The van der Waals surface area contributed by atoms with Crippen LogP contribution in [-0.2, 0) is 4.74 Å². The van der Waals surface area contributed by atoms with E-state index in [-0.39, 0.29) is 12.4 Å². The average Bonchev–Trinajstić information content (AvgIpc) is 3.44. The zero-order valence-corrected chi connectivity index (χ0v) is 18.7. The molecular formula is C23H17ClFN5O2S. The number of imidazole rings is 1. The van der Waals surface area contributed by atoms with E-state index in [0.717, 1.165) is 10.5 Å². The molecule has 33 heavy (non-hydrogen) atoms. The van der Waals surface area contributed by atoms with E-state index in [1.807, 2.05) is 18.2 Å². The average molecular weight is 482 g/mol. The van der Waals surface area contributed by atoms with Gasteiger partial charge in [0.25, 0.3) is 0 Å². The van der Waals surface area contributed by atoms with Crippen LogP contribution >= 0.6 is 23.5 Å². The maximum absolute atomic E-state index is 13.1. The fourth-order valence-electron chi connectivity index (χ4n) is 3.22. The number of benzene rings is 1. The summed E-state index contributed by atoms with van der Waals surface area (Å²) in [6, 6.07) is 11.6. The maximum atomic E-state index is 13.1. The molecule has 0 saturated carbocycles. The van der Waals surface area contributed by atoms with Crippen molar-refractivity contribution in [3.05, 3.63) is 71.5 Å². The van der Waals surface area contributed by atoms with Crippen LogP contribution in [0.2, 0.25) is 5.15 Å². The van der Waals surface area contributed by atoms with Crippen LogP contribution in [0, 0.1) is 17.7 Å². The van der Waals surface area contributed by atoms with Gasteiger partial charge >= 0.3 is 0 Å². The minimum absolute atomic E-state index is 0.192. The largest absolute Gasteiger partial charge is 0.377 e. The Morgan fingerprint density at radius 2 is 2.03 bits per heavy atom. The maximum Gasteiger partial charge on any atom is 0.154 e. The molecule has 2 N–H and O–H groups in total. The summed E-state index contributed by atoms with van der Waals surface area (Å²) in [5, 5.41) is 15.4. The minimum atomic E-state index is -1.15. The quantitative estimate of drug-likeness (QED) is 0.256. The van der Waals surface area contributed by atoms with Gasteiger partial charge in [-0.25, -0.2) is 18.9 Å². The van der Waals surface area contributed by atoms with Crippen molar-refractivity contribution < 1.29 is 14.2 Å². The van der Waals surface area contributed by atoms with E-state index < -0.39 is 5.60 Å². The minimum Gasteiger partial charge on any atom is -0.377 e. The van der Waals surface area contributed by atoms with E-state index in [2.05, 4.69) is 31.6 Å². The normalized spacial score (nSPS) is 17.7. The van der Waals surface area contributed by atoms with Gasteiger partial charge in [0.2, 0.25) is 0 Å². The Bertz CT molecular complexity index is 1380. The van der Waals surface area contributed by atoms with Gasteiger partial charge in [-0.15, -0.1) is 0 Å². The molecule has 3 aromatic heterocycles. The highest BCUT2D eigenvalue weighted by Gasteiger charge is 2.29. The molecule has 1 aliphatic heterocycles. The lowest BCUT2D eigenvalue weighted by molar-refractivity contribution is 0.0765. The molecule has 0 radical (unpaired) electrons. The summed E-state index contributed by atoms with van der Waals surface area (Å²) in [7, 11) is 0. The Balaban J connectivity index is 1.42. The lowest BCUT2D eigenvalue weighted by atomic mass is 10.1. The van der Waals surface area contributed by atoms with E-state index in [9.17, 15) is 9.50 Å². The number of ether oxygens (including phenoxy) is 1. The van der Waals surface area contributed by atoms with Crippen LogP contribution in [-0.4, -0.2) is 43.5 Å². The summed E-state index contributed by atoms with van der Waals surface area (Å²) in [6.45, 7) is 0.678. The Hall–Kier alpha value is -3.16. The Morgan fingerprint density at radius 3 is 2.82 bits per heavy atom. The number of hydrogen-bond acceptors (Lipinski definition) is 7. The number of hydrogen-bond donors (Lipinski definition) is 2. The smallest absolute Gasteiger partial charge is 0.154 e. The summed E-state index contributed by atoms with van der Waals surface area (Å²) >= 11 is 7.56. The van der Waals surface area contributed by atoms with Crippen LogP contribution in [0.25, 0.3) is 16.9 Å². The first-order chi connectivity index (χ1) is 16.0. The molecule has 1 unspecified atom stereocenters. The van der Waals surface area contributed by atoms with Gasteiger partial charge in [0.05, 0.1) is 30.8 Å². The number of fused-ring (bicyclic) bond motifs is 1. The van der Waals surface area contributed by atoms with Crippen LogP contribution in [0.1, 0.15) is 12.1 Å². The van der Waals surface area contributed by atoms with Gasteiger partial charge in [0, 0.05) is 23.1 Å². The number of halogens is 2. The SMILES string of the molecule is OC1(C#Cc2cnc3ccc(-c4cnc(Cl)c(NSc5ccc(F)cc5)c4)nn23)CCOC1. The van der Waals surface area contributed by atoms with E-state index in [1.54, 1.807) is 29.0 Å². The highest BCUT2D eigenvalue weighted by Crippen LogP contribution is 2.30. The van der Waals surface area contributed by atoms with E-state index >= 15 is 0 Å². The summed E-state index contributed by atoms with van der Waals surface area (Å²) in [5.74, 6) is 5.55. The third kappa shape index (κ3) is 4.79. The molecular weight excluding hydrogens is 465 g/mol. The Morgan fingerprint density at radius 1 is 1.18 bits per heavy atom. The molecule has 1 atom stereocenters. The van der Waals surface area contributed by atoms with E-state index in [1.165, 1.54) is 24.1 Å². The molecule has 5 rings (SSSR count). The molecule has 166 valence electrons.